The molecule has 2 aliphatic heterocycles. The minimum Gasteiger partial charge on any atom is -0.431 e. The fourth-order valence-electron chi connectivity index (χ4n) is 1.63. The third kappa shape index (κ3) is 4.54. The summed E-state index contributed by atoms with van der Waals surface area (Å²) in [6.07, 6.45) is -1.54. The fraction of sp³-hybridized carbons (Fsp3) is 0.909. The van der Waals surface area contributed by atoms with E-state index in [4.69, 9.17) is 37.9 Å². The van der Waals surface area contributed by atoms with E-state index >= 15 is 0 Å². The standard InChI is InChI=1S/C11H18O9/c1-13-10-17-5-7(19-10)3-15-9(12)16-4-8-6-18-11(14-2)20-8/h7-8,10-11H,3-6H2,1-2H3. The van der Waals surface area contributed by atoms with E-state index in [-0.39, 0.29) is 25.4 Å². The largest absolute Gasteiger partial charge is 0.508 e. The molecule has 0 saturated carbocycles. The summed E-state index contributed by atoms with van der Waals surface area (Å²) in [7, 11) is 2.91. The average Bonchev–Trinajstić information content (AvgIpc) is 3.11. The molecule has 0 N–H and O–H groups in total. The number of rotatable bonds is 6. The van der Waals surface area contributed by atoms with E-state index in [2.05, 4.69) is 0 Å². The number of hydrogen-bond donors (Lipinski definition) is 0. The van der Waals surface area contributed by atoms with Gasteiger partial charge in [-0.1, -0.05) is 0 Å². The summed E-state index contributed by atoms with van der Waals surface area (Å²) in [6, 6.07) is 0. The van der Waals surface area contributed by atoms with Gasteiger partial charge in [0.05, 0.1) is 13.2 Å². The van der Waals surface area contributed by atoms with Crippen molar-refractivity contribution in [1.82, 2.24) is 0 Å². The molecule has 4 unspecified atom stereocenters. The van der Waals surface area contributed by atoms with Crippen molar-refractivity contribution in [1.29, 1.82) is 0 Å². The molecule has 116 valence electrons. The Hall–Kier alpha value is -0.970. The van der Waals surface area contributed by atoms with Gasteiger partial charge in [-0.2, -0.15) is 0 Å². The Balaban J connectivity index is 1.55. The average molecular weight is 294 g/mol. The SMILES string of the molecule is COC1OCC(COC(=O)OCC2COC(OC)O2)O1. The summed E-state index contributed by atoms with van der Waals surface area (Å²) in [5.41, 5.74) is 0. The highest BCUT2D eigenvalue weighted by Gasteiger charge is 2.29. The summed E-state index contributed by atoms with van der Waals surface area (Å²) in [5, 5.41) is 0. The summed E-state index contributed by atoms with van der Waals surface area (Å²) in [5.74, 6) is 0. The topological polar surface area (TPSA) is 90.9 Å². The van der Waals surface area contributed by atoms with Crippen molar-refractivity contribution in [3.63, 3.8) is 0 Å². The van der Waals surface area contributed by atoms with Crippen LogP contribution in [0.2, 0.25) is 0 Å². The molecule has 4 atom stereocenters. The van der Waals surface area contributed by atoms with E-state index in [9.17, 15) is 4.79 Å². The van der Waals surface area contributed by atoms with Crippen LogP contribution in [0.3, 0.4) is 0 Å². The van der Waals surface area contributed by atoms with E-state index < -0.39 is 19.1 Å². The molecule has 0 bridgehead atoms. The van der Waals surface area contributed by atoms with Crippen LogP contribution in [0, 0.1) is 0 Å². The first-order valence-electron chi connectivity index (χ1n) is 6.10. The third-order valence-electron chi connectivity index (χ3n) is 2.60. The van der Waals surface area contributed by atoms with Crippen LogP contribution in [0.5, 0.6) is 0 Å². The zero-order chi connectivity index (χ0) is 14.4. The van der Waals surface area contributed by atoms with E-state index in [1.807, 2.05) is 0 Å². The van der Waals surface area contributed by atoms with Gasteiger partial charge in [0.1, 0.15) is 25.4 Å². The second-order valence-corrected chi connectivity index (χ2v) is 4.10. The predicted molar refractivity (Wildman–Crippen MR) is 60.5 cm³/mol. The van der Waals surface area contributed by atoms with Gasteiger partial charge >= 0.3 is 6.16 Å². The molecule has 0 amide bonds. The third-order valence-corrected chi connectivity index (χ3v) is 2.60. The second kappa shape index (κ2) is 7.72. The molecule has 2 fully saturated rings. The predicted octanol–water partition coefficient (Wildman–Crippen LogP) is -0.170. The van der Waals surface area contributed by atoms with Crippen LogP contribution in [-0.2, 0) is 37.9 Å². The number of carbonyl (C=O) groups excluding carboxylic acids is 1. The van der Waals surface area contributed by atoms with E-state index in [1.165, 1.54) is 14.2 Å². The van der Waals surface area contributed by atoms with E-state index in [1.54, 1.807) is 0 Å². The van der Waals surface area contributed by atoms with Gasteiger partial charge in [-0.15, -0.1) is 0 Å². The van der Waals surface area contributed by atoms with Crippen molar-refractivity contribution >= 4 is 6.16 Å². The number of methoxy groups -OCH3 is 2. The van der Waals surface area contributed by atoms with Crippen LogP contribution in [0.4, 0.5) is 4.79 Å². The van der Waals surface area contributed by atoms with Gasteiger partial charge in [-0.25, -0.2) is 4.79 Å². The molecule has 0 spiro atoms. The van der Waals surface area contributed by atoms with Gasteiger partial charge in [0, 0.05) is 14.2 Å². The maximum atomic E-state index is 11.4. The van der Waals surface area contributed by atoms with E-state index in [0.29, 0.717) is 13.2 Å². The molecule has 2 heterocycles. The molecule has 2 aliphatic rings. The first-order chi connectivity index (χ1) is 9.71. The summed E-state index contributed by atoms with van der Waals surface area (Å²) < 4.78 is 40.0. The Kier molecular flexibility index (Phi) is 5.95. The molecule has 0 aromatic rings. The van der Waals surface area contributed by atoms with Crippen molar-refractivity contribution < 1.29 is 42.7 Å². The van der Waals surface area contributed by atoms with Gasteiger partial charge in [0.25, 0.3) is 13.0 Å². The summed E-state index contributed by atoms with van der Waals surface area (Å²) in [6.45, 7) is -0.783. The van der Waals surface area contributed by atoms with Crippen molar-refractivity contribution in [2.75, 3.05) is 40.6 Å². The van der Waals surface area contributed by atoms with Crippen LogP contribution < -0.4 is 0 Å². The normalized spacial score (nSPS) is 33.3. The van der Waals surface area contributed by atoms with Gasteiger partial charge in [-0.3, -0.25) is 0 Å². The minimum absolute atomic E-state index is 0.0292. The molecule has 0 aromatic heterocycles. The second-order valence-electron chi connectivity index (χ2n) is 4.10. The van der Waals surface area contributed by atoms with Crippen molar-refractivity contribution in [3.05, 3.63) is 0 Å². The van der Waals surface area contributed by atoms with Crippen LogP contribution in [-0.4, -0.2) is 72.0 Å². The van der Waals surface area contributed by atoms with Crippen LogP contribution in [0.25, 0.3) is 0 Å². The van der Waals surface area contributed by atoms with Crippen molar-refractivity contribution in [3.8, 4) is 0 Å². The molecule has 0 aliphatic carbocycles. The molecular formula is C11H18O9. The molecule has 20 heavy (non-hydrogen) atoms. The zero-order valence-corrected chi connectivity index (χ0v) is 11.3. The Morgan fingerprint density at radius 1 is 0.950 bits per heavy atom. The lowest BCUT2D eigenvalue weighted by atomic mass is 10.4. The maximum absolute atomic E-state index is 11.4. The number of ether oxygens (including phenoxy) is 8. The fourth-order valence-corrected chi connectivity index (χ4v) is 1.63. The van der Waals surface area contributed by atoms with Gasteiger partial charge < -0.3 is 37.9 Å². The van der Waals surface area contributed by atoms with Gasteiger partial charge in [0.2, 0.25) is 0 Å². The highest BCUT2D eigenvalue weighted by molar-refractivity contribution is 5.59. The van der Waals surface area contributed by atoms with E-state index in [0.717, 1.165) is 0 Å². The Morgan fingerprint density at radius 2 is 1.40 bits per heavy atom. The number of hydrogen-bond acceptors (Lipinski definition) is 9. The minimum atomic E-state index is -0.807. The molecule has 9 heteroatoms. The molecule has 2 saturated heterocycles. The first-order valence-corrected chi connectivity index (χ1v) is 6.10. The molecule has 0 radical (unpaired) electrons. The first kappa shape index (κ1) is 15.4. The smallest absolute Gasteiger partial charge is 0.431 e. The lowest BCUT2D eigenvalue weighted by Crippen LogP contribution is -2.25. The van der Waals surface area contributed by atoms with Gasteiger partial charge in [-0.05, 0) is 0 Å². The molecule has 9 nitrogen and oxygen atoms in total. The van der Waals surface area contributed by atoms with Crippen LogP contribution >= 0.6 is 0 Å². The molecule has 0 aromatic carbocycles. The quantitative estimate of drug-likeness (QED) is 0.619. The highest BCUT2D eigenvalue weighted by Crippen LogP contribution is 2.14. The monoisotopic (exact) mass is 294 g/mol. The zero-order valence-electron chi connectivity index (χ0n) is 11.3. The number of carbonyl (C=O) groups is 1. The molecular weight excluding hydrogens is 276 g/mol. The van der Waals surface area contributed by atoms with Crippen molar-refractivity contribution in [2.45, 2.75) is 25.2 Å². The highest BCUT2D eigenvalue weighted by atomic mass is 16.9. The Bertz CT molecular complexity index is 282. The molecule has 2 rings (SSSR count). The Morgan fingerprint density at radius 3 is 1.75 bits per heavy atom. The van der Waals surface area contributed by atoms with Crippen molar-refractivity contribution in [2.24, 2.45) is 0 Å². The Labute approximate surface area is 115 Å². The van der Waals surface area contributed by atoms with Gasteiger partial charge in [0.15, 0.2) is 0 Å². The van der Waals surface area contributed by atoms with Crippen LogP contribution in [0.15, 0.2) is 0 Å². The van der Waals surface area contributed by atoms with Crippen LogP contribution in [0.1, 0.15) is 0 Å². The maximum Gasteiger partial charge on any atom is 0.508 e. The lowest BCUT2D eigenvalue weighted by Gasteiger charge is -2.12. The summed E-state index contributed by atoms with van der Waals surface area (Å²) >= 11 is 0. The lowest BCUT2D eigenvalue weighted by molar-refractivity contribution is -0.225. The summed E-state index contributed by atoms with van der Waals surface area (Å²) in [4.78, 5) is 11.4.